The predicted octanol–water partition coefficient (Wildman–Crippen LogP) is 8.25. The number of benzene rings is 4. The number of thioether (sulfide) groups is 1. The number of aromatic nitrogens is 2. The third-order valence-electron chi connectivity index (χ3n) is 7.27. The largest absolute Gasteiger partial charge is 0.507 e. The summed E-state index contributed by atoms with van der Waals surface area (Å²) in [4.78, 5) is 28.4. The van der Waals surface area contributed by atoms with Gasteiger partial charge in [-0.1, -0.05) is 87.6 Å². The fourth-order valence-corrected chi connectivity index (χ4v) is 7.14. The summed E-state index contributed by atoms with van der Waals surface area (Å²) in [6.45, 7) is 2.41. The number of ether oxygens (including phenoxy) is 1. The van der Waals surface area contributed by atoms with Gasteiger partial charge in [-0.2, -0.15) is 0 Å². The van der Waals surface area contributed by atoms with Crippen LogP contribution in [0, 0.1) is 12.7 Å². The van der Waals surface area contributed by atoms with Gasteiger partial charge in [-0.25, -0.2) is 4.39 Å². The summed E-state index contributed by atoms with van der Waals surface area (Å²) in [5, 5.41) is 20.2. The maximum atomic E-state index is 13.6. The second-order valence-electron chi connectivity index (χ2n) is 10.2. The van der Waals surface area contributed by atoms with E-state index in [0.29, 0.717) is 33.6 Å². The molecule has 1 N–H and O–H groups in total. The van der Waals surface area contributed by atoms with E-state index >= 15 is 0 Å². The van der Waals surface area contributed by atoms with Crippen molar-refractivity contribution in [3.8, 4) is 5.75 Å². The lowest BCUT2D eigenvalue weighted by Gasteiger charge is -2.22. The molecule has 226 valence electrons. The van der Waals surface area contributed by atoms with E-state index in [-0.39, 0.29) is 22.3 Å². The molecule has 1 amide bonds. The Labute approximate surface area is 275 Å². The number of aliphatic hydroxyl groups is 1. The number of aryl methyl sites for hydroxylation is 1. The topological polar surface area (TPSA) is 92.6 Å². The third-order valence-corrected chi connectivity index (χ3v) is 9.89. The summed E-state index contributed by atoms with van der Waals surface area (Å²) < 4.78 is 20.5. The van der Waals surface area contributed by atoms with Gasteiger partial charge in [0.1, 0.15) is 23.9 Å². The number of carbonyl (C=O) groups excluding carboxylic acids is 2. The summed E-state index contributed by atoms with van der Waals surface area (Å²) in [5.74, 6) is -1.14. The summed E-state index contributed by atoms with van der Waals surface area (Å²) in [6, 6.07) is 27.1. The molecule has 0 aliphatic carbocycles. The predicted molar refractivity (Wildman–Crippen MR) is 177 cm³/mol. The molecular formula is C34H25BrFN3O4S2. The number of hydrogen-bond acceptors (Lipinski definition) is 8. The lowest BCUT2D eigenvalue weighted by atomic mass is 9.95. The van der Waals surface area contributed by atoms with Crippen molar-refractivity contribution in [1.29, 1.82) is 0 Å². The zero-order chi connectivity index (χ0) is 31.5. The van der Waals surface area contributed by atoms with Crippen molar-refractivity contribution >= 4 is 61.6 Å². The number of anilines is 1. The number of aliphatic hydroxyl groups excluding tert-OH is 1. The van der Waals surface area contributed by atoms with E-state index in [4.69, 9.17) is 4.74 Å². The first-order valence-corrected chi connectivity index (χ1v) is 16.4. The van der Waals surface area contributed by atoms with Gasteiger partial charge in [0.2, 0.25) is 5.13 Å². The molecule has 0 saturated carbocycles. The van der Waals surface area contributed by atoms with Gasteiger partial charge in [-0.05, 0) is 77.7 Å². The summed E-state index contributed by atoms with van der Waals surface area (Å²) in [5.41, 5.74) is 4.01. The van der Waals surface area contributed by atoms with Crippen LogP contribution in [0.1, 0.15) is 33.9 Å². The SMILES string of the molecule is Cc1ccccc1COc1ccc(/C(O)=C2\C(=O)C(=O)N(c3nnc(SCc4ccc(F)cc4)s3)C2c2cccc(Br)c2)cc1. The van der Waals surface area contributed by atoms with Crippen LogP contribution in [-0.2, 0) is 21.9 Å². The van der Waals surface area contributed by atoms with E-state index < -0.39 is 17.7 Å². The second-order valence-corrected chi connectivity index (χ2v) is 13.3. The van der Waals surface area contributed by atoms with E-state index in [0.717, 1.165) is 32.5 Å². The van der Waals surface area contributed by atoms with Crippen molar-refractivity contribution in [3.63, 3.8) is 0 Å². The maximum Gasteiger partial charge on any atom is 0.301 e. The Balaban J connectivity index is 1.30. The number of hydrogen-bond donors (Lipinski definition) is 1. The molecule has 1 unspecified atom stereocenters. The van der Waals surface area contributed by atoms with E-state index in [1.54, 1.807) is 54.6 Å². The molecule has 1 saturated heterocycles. The smallest absolute Gasteiger partial charge is 0.301 e. The molecule has 2 heterocycles. The van der Waals surface area contributed by atoms with Crippen LogP contribution >= 0.6 is 39.0 Å². The van der Waals surface area contributed by atoms with Gasteiger partial charge >= 0.3 is 5.91 Å². The molecular weight excluding hydrogens is 677 g/mol. The monoisotopic (exact) mass is 701 g/mol. The van der Waals surface area contributed by atoms with E-state index in [1.165, 1.54) is 28.8 Å². The zero-order valence-corrected chi connectivity index (χ0v) is 27.0. The highest BCUT2D eigenvalue weighted by Gasteiger charge is 2.48. The molecule has 1 fully saturated rings. The van der Waals surface area contributed by atoms with E-state index in [1.807, 2.05) is 37.3 Å². The van der Waals surface area contributed by atoms with Crippen molar-refractivity contribution in [2.75, 3.05) is 4.90 Å². The molecule has 1 aliphatic rings. The van der Waals surface area contributed by atoms with Crippen LogP contribution in [0.4, 0.5) is 9.52 Å². The Kier molecular flexibility index (Phi) is 9.11. The van der Waals surface area contributed by atoms with E-state index in [9.17, 15) is 19.1 Å². The first-order valence-electron chi connectivity index (χ1n) is 13.8. The Morgan fingerprint density at radius 1 is 1.00 bits per heavy atom. The lowest BCUT2D eigenvalue weighted by Crippen LogP contribution is -2.29. The highest BCUT2D eigenvalue weighted by Crippen LogP contribution is 2.44. The highest BCUT2D eigenvalue weighted by atomic mass is 79.9. The molecule has 1 atom stereocenters. The molecule has 4 aromatic carbocycles. The molecule has 1 aromatic heterocycles. The Morgan fingerprint density at radius 2 is 1.76 bits per heavy atom. The molecule has 1 aliphatic heterocycles. The van der Waals surface area contributed by atoms with Crippen LogP contribution in [0.5, 0.6) is 5.75 Å². The van der Waals surface area contributed by atoms with Crippen LogP contribution in [0.2, 0.25) is 0 Å². The van der Waals surface area contributed by atoms with Gasteiger partial charge in [0.25, 0.3) is 5.78 Å². The van der Waals surface area contributed by atoms with Crippen molar-refractivity contribution in [3.05, 3.63) is 141 Å². The molecule has 0 bridgehead atoms. The molecule has 6 rings (SSSR count). The molecule has 0 radical (unpaired) electrons. The number of nitrogens with zero attached hydrogens (tertiary/aromatic N) is 3. The standard InChI is InChI=1S/C34H25BrFN3O4S2/c1-20-5-2-3-6-24(20)18-43-27-15-11-22(12-16-27)30(40)28-29(23-7-4-8-25(35)17-23)39(32(42)31(28)41)33-37-38-34(45-33)44-19-21-9-13-26(36)14-10-21/h2-17,29,40H,18-19H2,1H3/b30-28+. The minimum absolute atomic E-state index is 0.0533. The Morgan fingerprint density at radius 3 is 2.49 bits per heavy atom. The van der Waals surface area contributed by atoms with Gasteiger partial charge in [-0.3, -0.25) is 14.5 Å². The average molecular weight is 703 g/mol. The first-order chi connectivity index (χ1) is 21.8. The van der Waals surface area contributed by atoms with Crippen molar-refractivity contribution in [2.24, 2.45) is 0 Å². The zero-order valence-electron chi connectivity index (χ0n) is 23.8. The number of carbonyl (C=O) groups is 2. The second kappa shape index (κ2) is 13.4. The normalized spacial score (nSPS) is 15.9. The molecule has 11 heteroatoms. The van der Waals surface area contributed by atoms with Crippen LogP contribution in [0.15, 0.2) is 111 Å². The minimum Gasteiger partial charge on any atom is -0.507 e. The van der Waals surface area contributed by atoms with Crippen molar-refractivity contribution in [2.45, 2.75) is 29.7 Å². The molecule has 0 spiro atoms. The summed E-state index contributed by atoms with van der Waals surface area (Å²) in [6.07, 6.45) is 0. The number of Topliss-reactive ketones (excluding diaryl/α,β-unsaturated/α-hetero) is 1. The van der Waals surface area contributed by atoms with Gasteiger partial charge < -0.3 is 9.84 Å². The van der Waals surface area contributed by atoms with Gasteiger partial charge in [0, 0.05) is 15.8 Å². The summed E-state index contributed by atoms with van der Waals surface area (Å²) in [7, 11) is 0. The lowest BCUT2D eigenvalue weighted by molar-refractivity contribution is -0.132. The van der Waals surface area contributed by atoms with Gasteiger partial charge in [0.05, 0.1) is 11.6 Å². The van der Waals surface area contributed by atoms with E-state index in [2.05, 4.69) is 26.1 Å². The summed E-state index contributed by atoms with van der Waals surface area (Å²) >= 11 is 6.03. The highest BCUT2D eigenvalue weighted by molar-refractivity contribution is 9.10. The van der Waals surface area contributed by atoms with Gasteiger partial charge in [0.15, 0.2) is 4.34 Å². The molecule has 7 nitrogen and oxygen atoms in total. The fraction of sp³-hybridized carbons (Fsp3) is 0.118. The van der Waals surface area contributed by atoms with Crippen molar-refractivity contribution in [1.82, 2.24) is 10.2 Å². The average Bonchev–Trinajstić information content (AvgIpc) is 3.62. The number of rotatable bonds is 9. The molecule has 45 heavy (non-hydrogen) atoms. The van der Waals surface area contributed by atoms with Crippen molar-refractivity contribution < 1.29 is 23.8 Å². The first kappa shape index (κ1) is 30.7. The van der Waals surface area contributed by atoms with Crippen LogP contribution in [-0.4, -0.2) is 27.0 Å². The number of amides is 1. The minimum atomic E-state index is -0.942. The maximum absolute atomic E-state index is 13.6. The Hall–Kier alpha value is -4.32. The van der Waals surface area contributed by atoms with Crippen LogP contribution < -0.4 is 9.64 Å². The molecule has 5 aromatic rings. The number of ketones is 1. The van der Waals surface area contributed by atoms with Crippen LogP contribution in [0.3, 0.4) is 0 Å². The van der Waals surface area contributed by atoms with Crippen LogP contribution in [0.25, 0.3) is 5.76 Å². The Bertz CT molecular complexity index is 1910. The fourth-order valence-electron chi connectivity index (χ4n) is 4.90. The third kappa shape index (κ3) is 6.70. The van der Waals surface area contributed by atoms with Gasteiger partial charge in [-0.15, -0.1) is 10.2 Å². The number of halogens is 2. The quantitative estimate of drug-likeness (QED) is 0.0544.